The standard InChI is InChI=1S/C10H11Cl2NO/c1-7(11)6-13-10(14)8-2-4-9(12)5-3-8/h2-5,7H,6H2,1H3,(H,13,14). The number of carbonyl (C=O) groups excluding carboxylic acids is 1. The number of nitrogens with one attached hydrogen (secondary N) is 1. The van der Waals surface area contributed by atoms with Crippen LogP contribution in [0.2, 0.25) is 5.02 Å². The number of rotatable bonds is 3. The number of hydrogen-bond acceptors (Lipinski definition) is 1. The van der Waals surface area contributed by atoms with Gasteiger partial charge in [0.15, 0.2) is 0 Å². The zero-order valence-electron chi connectivity index (χ0n) is 7.76. The highest BCUT2D eigenvalue weighted by atomic mass is 35.5. The van der Waals surface area contributed by atoms with E-state index in [0.29, 0.717) is 17.1 Å². The largest absolute Gasteiger partial charge is 0.351 e. The molecule has 0 saturated heterocycles. The van der Waals surface area contributed by atoms with Gasteiger partial charge < -0.3 is 5.32 Å². The van der Waals surface area contributed by atoms with Gasteiger partial charge in [-0.2, -0.15) is 0 Å². The molecule has 0 fully saturated rings. The van der Waals surface area contributed by atoms with Gasteiger partial charge in [0.2, 0.25) is 0 Å². The average molecular weight is 232 g/mol. The van der Waals surface area contributed by atoms with Crippen molar-refractivity contribution in [1.29, 1.82) is 0 Å². The van der Waals surface area contributed by atoms with Crippen LogP contribution in [0.1, 0.15) is 17.3 Å². The second-order valence-corrected chi connectivity index (χ2v) is 4.18. The molecule has 4 heteroatoms. The number of halogens is 2. The molecule has 0 radical (unpaired) electrons. The highest BCUT2D eigenvalue weighted by Gasteiger charge is 2.05. The third kappa shape index (κ3) is 3.56. The summed E-state index contributed by atoms with van der Waals surface area (Å²) in [6.07, 6.45) is 0. The highest BCUT2D eigenvalue weighted by Crippen LogP contribution is 2.09. The van der Waals surface area contributed by atoms with Crippen LogP contribution in [0.3, 0.4) is 0 Å². The molecule has 76 valence electrons. The van der Waals surface area contributed by atoms with Crippen molar-refractivity contribution in [3.63, 3.8) is 0 Å². The topological polar surface area (TPSA) is 29.1 Å². The molecule has 0 bridgehead atoms. The van der Waals surface area contributed by atoms with E-state index in [1.807, 2.05) is 6.92 Å². The molecular weight excluding hydrogens is 221 g/mol. The van der Waals surface area contributed by atoms with Crippen LogP contribution >= 0.6 is 23.2 Å². The summed E-state index contributed by atoms with van der Waals surface area (Å²) >= 11 is 11.4. The quantitative estimate of drug-likeness (QED) is 0.797. The van der Waals surface area contributed by atoms with Crippen molar-refractivity contribution < 1.29 is 4.79 Å². The third-order valence-corrected chi connectivity index (χ3v) is 2.06. The van der Waals surface area contributed by atoms with E-state index in [1.54, 1.807) is 24.3 Å². The zero-order valence-corrected chi connectivity index (χ0v) is 9.27. The van der Waals surface area contributed by atoms with Gasteiger partial charge in [0.1, 0.15) is 0 Å². The van der Waals surface area contributed by atoms with E-state index < -0.39 is 0 Å². The van der Waals surface area contributed by atoms with Crippen LogP contribution in [0, 0.1) is 0 Å². The molecular formula is C10H11Cl2NO. The normalized spacial score (nSPS) is 12.2. The third-order valence-electron chi connectivity index (χ3n) is 1.65. The summed E-state index contributed by atoms with van der Waals surface area (Å²) in [5.74, 6) is -0.130. The van der Waals surface area contributed by atoms with Gasteiger partial charge in [0.25, 0.3) is 5.91 Å². The molecule has 1 atom stereocenters. The van der Waals surface area contributed by atoms with Crippen LogP contribution in [0.25, 0.3) is 0 Å². The lowest BCUT2D eigenvalue weighted by Gasteiger charge is -2.06. The summed E-state index contributed by atoms with van der Waals surface area (Å²) in [7, 11) is 0. The molecule has 1 aromatic rings. The summed E-state index contributed by atoms with van der Waals surface area (Å²) in [5, 5.41) is 3.26. The van der Waals surface area contributed by atoms with Gasteiger partial charge in [-0.1, -0.05) is 11.6 Å². The van der Waals surface area contributed by atoms with Crippen molar-refractivity contribution in [3.05, 3.63) is 34.9 Å². The monoisotopic (exact) mass is 231 g/mol. The molecule has 0 aliphatic rings. The molecule has 1 amide bonds. The SMILES string of the molecule is CC(Cl)CNC(=O)c1ccc(Cl)cc1. The van der Waals surface area contributed by atoms with Crippen molar-refractivity contribution in [1.82, 2.24) is 5.32 Å². The van der Waals surface area contributed by atoms with Crippen LogP contribution < -0.4 is 5.32 Å². The fourth-order valence-corrected chi connectivity index (χ4v) is 1.14. The maximum Gasteiger partial charge on any atom is 0.251 e. The van der Waals surface area contributed by atoms with Crippen molar-refractivity contribution in [2.24, 2.45) is 0 Å². The Balaban J connectivity index is 2.57. The lowest BCUT2D eigenvalue weighted by molar-refractivity contribution is 0.0954. The number of benzene rings is 1. The Hall–Kier alpha value is -0.730. The molecule has 1 unspecified atom stereocenters. The molecule has 1 aromatic carbocycles. The highest BCUT2D eigenvalue weighted by molar-refractivity contribution is 6.30. The molecule has 0 spiro atoms. The van der Waals surface area contributed by atoms with Crippen LogP contribution in [0.15, 0.2) is 24.3 Å². The summed E-state index contributed by atoms with van der Waals surface area (Å²) in [6, 6.07) is 6.72. The maximum absolute atomic E-state index is 11.4. The molecule has 0 aliphatic carbocycles. The van der Waals surface area contributed by atoms with E-state index in [4.69, 9.17) is 23.2 Å². The summed E-state index contributed by atoms with van der Waals surface area (Å²) < 4.78 is 0. The fraction of sp³-hybridized carbons (Fsp3) is 0.300. The first-order chi connectivity index (χ1) is 6.59. The Morgan fingerprint density at radius 3 is 2.50 bits per heavy atom. The maximum atomic E-state index is 11.4. The Morgan fingerprint density at radius 2 is 2.00 bits per heavy atom. The Labute approximate surface area is 93.2 Å². The number of alkyl halides is 1. The van der Waals surface area contributed by atoms with Crippen LogP contribution in [0.5, 0.6) is 0 Å². The molecule has 0 saturated carbocycles. The first-order valence-electron chi connectivity index (χ1n) is 4.27. The number of amides is 1. The van der Waals surface area contributed by atoms with Gasteiger partial charge in [-0.15, -0.1) is 11.6 Å². The smallest absolute Gasteiger partial charge is 0.251 e. The minimum absolute atomic E-state index is 0.0637. The van der Waals surface area contributed by atoms with Crippen LogP contribution in [-0.4, -0.2) is 17.8 Å². The zero-order chi connectivity index (χ0) is 10.6. The molecule has 0 aliphatic heterocycles. The van der Waals surface area contributed by atoms with Gasteiger partial charge >= 0.3 is 0 Å². The van der Waals surface area contributed by atoms with E-state index in [2.05, 4.69) is 5.32 Å². The Morgan fingerprint density at radius 1 is 1.43 bits per heavy atom. The van der Waals surface area contributed by atoms with Gasteiger partial charge in [-0.3, -0.25) is 4.79 Å². The van der Waals surface area contributed by atoms with E-state index in [9.17, 15) is 4.79 Å². The summed E-state index contributed by atoms with van der Waals surface area (Å²) in [5.41, 5.74) is 0.590. The fourth-order valence-electron chi connectivity index (χ4n) is 0.937. The summed E-state index contributed by atoms with van der Waals surface area (Å²) in [4.78, 5) is 11.4. The Bertz CT molecular complexity index is 308. The molecule has 14 heavy (non-hydrogen) atoms. The predicted molar refractivity (Wildman–Crippen MR) is 59.1 cm³/mol. The lowest BCUT2D eigenvalue weighted by Crippen LogP contribution is -2.28. The van der Waals surface area contributed by atoms with Crippen molar-refractivity contribution >= 4 is 29.1 Å². The number of hydrogen-bond donors (Lipinski definition) is 1. The Kier molecular flexibility index (Phi) is 4.23. The number of carbonyl (C=O) groups is 1. The molecule has 0 heterocycles. The predicted octanol–water partition coefficient (Wildman–Crippen LogP) is 2.70. The molecule has 1 rings (SSSR count). The van der Waals surface area contributed by atoms with Crippen molar-refractivity contribution in [3.8, 4) is 0 Å². The average Bonchev–Trinajstić information content (AvgIpc) is 2.15. The minimum atomic E-state index is -0.130. The first-order valence-corrected chi connectivity index (χ1v) is 5.09. The van der Waals surface area contributed by atoms with Crippen LogP contribution in [0.4, 0.5) is 0 Å². The van der Waals surface area contributed by atoms with Gasteiger partial charge in [0.05, 0.1) is 0 Å². The van der Waals surface area contributed by atoms with E-state index in [0.717, 1.165) is 0 Å². The van der Waals surface area contributed by atoms with Gasteiger partial charge in [-0.25, -0.2) is 0 Å². The molecule has 0 aromatic heterocycles. The van der Waals surface area contributed by atoms with Crippen molar-refractivity contribution in [2.45, 2.75) is 12.3 Å². The molecule has 1 N–H and O–H groups in total. The van der Waals surface area contributed by atoms with E-state index >= 15 is 0 Å². The van der Waals surface area contributed by atoms with Crippen molar-refractivity contribution in [2.75, 3.05) is 6.54 Å². The van der Waals surface area contributed by atoms with E-state index in [1.165, 1.54) is 0 Å². The second kappa shape index (κ2) is 5.23. The lowest BCUT2D eigenvalue weighted by atomic mass is 10.2. The first kappa shape index (κ1) is 11.3. The van der Waals surface area contributed by atoms with E-state index in [-0.39, 0.29) is 11.3 Å². The van der Waals surface area contributed by atoms with Crippen LogP contribution in [-0.2, 0) is 0 Å². The van der Waals surface area contributed by atoms with Gasteiger partial charge in [0, 0.05) is 22.5 Å². The van der Waals surface area contributed by atoms with Gasteiger partial charge in [-0.05, 0) is 31.2 Å². The molecule has 2 nitrogen and oxygen atoms in total. The summed E-state index contributed by atoms with van der Waals surface area (Å²) in [6.45, 7) is 2.28. The minimum Gasteiger partial charge on any atom is -0.351 e. The second-order valence-electron chi connectivity index (χ2n) is 3.00.